The highest BCUT2D eigenvalue weighted by Crippen LogP contribution is 2.23. The van der Waals surface area contributed by atoms with Gasteiger partial charge in [0.25, 0.3) is 0 Å². The minimum Gasteiger partial charge on any atom is -0.350 e. The first-order valence-electron chi connectivity index (χ1n) is 8.20. The van der Waals surface area contributed by atoms with Crippen LogP contribution in [0.5, 0.6) is 0 Å². The molecule has 2 heterocycles. The number of imidazole rings is 1. The smallest absolute Gasteiger partial charge is 0.320 e. The first-order valence-corrected chi connectivity index (χ1v) is 8.58. The van der Waals surface area contributed by atoms with E-state index in [1.807, 2.05) is 6.92 Å². The number of halogens is 3. The van der Waals surface area contributed by atoms with Crippen LogP contribution in [-0.2, 0) is 17.9 Å². The molecule has 3 amide bonds. The van der Waals surface area contributed by atoms with Crippen LogP contribution in [-0.4, -0.2) is 51.3 Å². The number of hydrogen-bond acceptors (Lipinski definition) is 3. The number of aromatic nitrogens is 2. The van der Waals surface area contributed by atoms with E-state index in [0.717, 1.165) is 17.5 Å². The quantitative estimate of drug-likeness (QED) is 0.759. The van der Waals surface area contributed by atoms with Crippen LogP contribution in [0.15, 0.2) is 18.5 Å². The molecule has 1 saturated heterocycles. The first-order chi connectivity index (χ1) is 12.8. The lowest BCUT2D eigenvalue weighted by molar-refractivity contribution is -0.124. The number of carbonyl (C=O) groups excluding carboxylic acids is 2. The third-order valence-corrected chi connectivity index (χ3v) is 4.99. The zero-order valence-electron chi connectivity index (χ0n) is 14.7. The topological polar surface area (TPSA) is 81.3 Å². The molecular formula is C17H18ClF2N5O2. The van der Waals surface area contributed by atoms with Crippen molar-refractivity contribution in [3.05, 3.63) is 52.1 Å². The fraction of sp³-hybridized carbons (Fsp3) is 0.353. The highest BCUT2D eigenvalue weighted by molar-refractivity contribution is 6.31. The lowest BCUT2D eigenvalue weighted by Gasteiger charge is -2.17. The standard InChI is InChI=1S/C17H18ClF2N5O2/c1-9-12(23-8-22-9)6-25-7-13(24(2)17(25)27)16(26)21-5-10-3-4-11(19)15(20)14(10)18/h3-4,8,13H,5-7H2,1-2H3,(H,21,26)(H,22,23)/t13-/m0/s1. The van der Waals surface area contributed by atoms with Gasteiger partial charge in [-0.05, 0) is 18.6 Å². The Morgan fingerprint density at radius 1 is 1.44 bits per heavy atom. The number of nitrogens with one attached hydrogen (secondary N) is 2. The van der Waals surface area contributed by atoms with Gasteiger partial charge in [-0.1, -0.05) is 17.7 Å². The van der Waals surface area contributed by atoms with Crippen molar-refractivity contribution in [2.75, 3.05) is 13.6 Å². The Hall–Kier alpha value is -2.68. The molecule has 0 radical (unpaired) electrons. The van der Waals surface area contributed by atoms with Crippen LogP contribution in [0.25, 0.3) is 0 Å². The number of urea groups is 1. The van der Waals surface area contributed by atoms with E-state index in [9.17, 15) is 18.4 Å². The van der Waals surface area contributed by atoms with E-state index in [0.29, 0.717) is 0 Å². The number of H-pyrrole nitrogens is 1. The summed E-state index contributed by atoms with van der Waals surface area (Å²) in [5.74, 6) is -2.62. The van der Waals surface area contributed by atoms with Crippen LogP contribution < -0.4 is 5.32 Å². The van der Waals surface area contributed by atoms with Gasteiger partial charge < -0.3 is 20.1 Å². The summed E-state index contributed by atoms with van der Waals surface area (Å²) in [6.45, 7) is 2.25. The Morgan fingerprint density at radius 3 is 2.85 bits per heavy atom. The molecule has 0 saturated carbocycles. The summed E-state index contributed by atoms with van der Waals surface area (Å²) in [4.78, 5) is 34.8. The van der Waals surface area contributed by atoms with Crippen molar-refractivity contribution in [3.8, 4) is 0 Å². The van der Waals surface area contributed by atoms with Crippen molar-refractivity contribution in [1.29, 1.82) is 0 Å². The zero-order valence-corrected chi connectivity index (χ0v) is 15.5. The van der Waals surface area contributed by atoms with Crippen LogP contribution in [0.4, 0.5) is 13.6 Å². The second-order valence-corrected chi connectivity index (χ2v) is 6.69. The Labute approximate surface area is 159 Å². The van der Waals surface area contributed by atoms with E-state index in [-0.39, 0.29) is 36.3 Å². The second kappa shape index (κ2) is 7.51. The fourth-order valence-electron chi connectivity index (χ4n) is 2.89. The Kier molecular flexibility index (Phi) is 5.31. The molecule has 0 bridgehead atoms. The van der Waals surface area contributed by atoms with Gasteiger partial charge in [-0.15, -0.1) is 0 Å². The molecule has 27 heavy (non-hydrogen) atoms. The normalized spacial score (nSPS) is 16.9. The SMILES string of the molecule is Cc1[nH]cnc1CN1C[C@@H](C(=O)NCc2ccc(F)c(F)c2Cl)N(C)C1=O. The summed E-state index contributed by atoms with van der Waals surface area (Å²) in [7, 11) is 1.54. The molecule has 0 aliphatic carbocycles. The number of likely N-dealkylation sites (N-methyl/N-ethyl adjacent to an activating group) is 1. The van der Waals surface area contributed by atoms with Gasteiger partial charge >= 0.3 is 6.03 Å². The highest BCUT2D eigenvalue weighted by Gasteiger charge is 2.39. The second-order valence-electron chi connectivity index (χ2n) is 6.32. The predicted molar refractivity (Wildman–Crippen MR) is 93.9 cm³/mol. The first kappa shape index (κ1) is 19.1. The highest BCUT2D eigenvalue weighted by atomic mass is 35.5. The van der Waals surface area contributed by atoms with Gasteiger partial charge in [0.1, 0.15) is 6.04 Å². The third kappa shape index (κ3) is 3.73. The number of carbonyl (C=O) groups is 2. The summed E-state index contributed by atoms with van der Waals surface area (Å²) in [6.07, 6.45) is 1.55. The molecule has 1 aromatic carbocycles. The average Bonchev–Trinajstić information content (AvgIpc) is 3.17. The van der Waals surface area contributed by atoms with Crippen LogP contribution >= 0.6 is 11.6 Å². The Balaban J connectivity index is 1.64. The summed E-state index contributed by atoms with van der Waals surface area (Å²) < 4.78 is 26.6. The van der Waals surface area contributed by atoms with E-state index >= 15 is 0 Å². The minimum atomic E-state index is -1.16. The molecule has 2 N–H and O–H groups in total. The van der Waals surface area contributed by atoms with Gasteiger partial charge in [0, 0.05) is 19.3 Å². The van der Waals surface area contributed by atoms with Gasteiger partial charge in [0.05, 0.1) is 30.1 Å². The molecule has 1 aromatic heterocycles. The lowest BCUT2D eigenvalue weighted by atomic mass is 10.2. The molecule has 10 heteroatoms. The van der Waals surface area contributed by atoms with Gasteiger partial charge in [-0.25, -0.2) is 18.6 Å². The average molecular weight is 398 g/mol. The van der Waals surface area contributed by atoms with Crippen molar-refractivity contribution in [1.82, 2.24) is 25.1 Å². The number of rotatable bonds is 5. The summed E-state index contributed by atoms with van der Waals surface area (Å²) in [5, 5.41) is 2.24. The fourth-order valence-corrected chi connectivity index (χ4v) is 3.11. The van der Waals surface area contributed by atoms with E-state index < -0.39 is 23.6 Å². The minimum absolute atomic E-state index is 0.0775. The van der Waals surface area contributed by atoms with Gasteiger partial charge in [0.15, 0.2) is 11.6 Å². The lowest BCUT2D eigenvalue weighted by Crippen LogP contribution is -2.43. The van der Waals surface area contributed by atoms with Crippen LogP contribution in [0, 0.1) is 18.6 Å². The van der Waals surface area contributed by atoms with Gasteiger partial charge in [0.2, 0.25) is 5.91 Å². The molecule has 0 spiro atoms. The number of aryl methyl sites for hydroxylation is 1. The van der Waals surface area contributed by atoms with Crippen molar-refractivity contribution in [2.24, 2.45) is 0 Å². The monoisotopic (exact) mass is 397 g/mol. The van der Waals surface area contributed by atoms with Crippen molar-refractivity contribution < 1.29 is 18.4 Å². The molecular weight excluding hydrogens is 380 g/mol. The summed E-state index contributed by atoms with van der Waals surface area (Å²) >= 11 is 5.76. The number of hydrogen-bond donors (Lipinski definition) is 2. The maximum atomic E-state index is 13.5. The van der Waals surface area contributed by atoms with Crippen molar-refractivity contribution >= 4 is 23.5 Å². The molecule has 3 rings (SSSR count). The summed E-state index contributed by atoms with van der Waals surface area (Å²) in [6, 6.07) is 1.25. The Bertz CT molecular complexity index is 888. The van der Waals surface area contributed by atoms with E-state index in [1.165, 1.54) is 22.9 Å². The Morgan fingerprint density at radius 2 is 2.19 bits per heavy atom. The van der Waals surface area contributed by atoms with Crippen molar-refractivity contribution in [2.45, 2.75) is 26.1 Å². The number of nitrogens with zero attached hydrogens (tertiary/aromatic N) is 3. The third-order valence-electron chi connectivity index (χ3n) is 4.58. The maximum Gasteiger partial charge on any atom is 0.320 e. The molecule has 1 aliphatic heterocycles. The predicted octanol–water partition coefficient (Wildman–Crippen LogP) is 2.20. The number of aromatic amines is 1. The van der Waals surface area contributed by atoms with E-state index in [2.05, 4.69) is 15.3 Å². The van der Waals surface area contributed by atoms with Gasteiger partial charge in [-0.2, -0.15) is 0 Å². The van der Waals surface area contributed by atoms with E-state index in [1.54, 1.807) is 6.33 Å². The van der Waals surface area contributed by atoms with Crippen LogP contribution in [0.2, 0.25) is 5.02 Å². The van der Waals surface area contributed by atoms with E-state index in [4.69, 9.17) is 11.6 Å². The molecule has 144 valence electrons. The molecule has 7 nitrogen and oxygen atoms in total. The maximum absolute atomic E-state index is 13.5. The largest absolute Gasteiger partial charge is 0.350 e. The molecule has 1 atom stereocenters. The molecule has 1 aliphatic rings. The molecule has 1 fully saturated rings. The summed E-state index contributed by atoms with van der Waals surface area (Å²) in [5.41, 5.74) is 1.83. The molecule has 0 unspecified atom stereocenters. The van der Waals surface area contributed by atoms with Gasteiger partial charge in [-0.3, -0.25) is 4.79 Å². The van der Waals surface area contributed by atoms with Crippen LogP contribution in [0.1, 0.15) is 17.0 Å². The number of amides is 3. The number of benzene rings is 1. The zero-order chi connectivity index (χ0) is 19.7. The van der Waals surface area contributed by atoms with Crippen molar-refractivity contribution in [3.63, 3.8) is 0 Å². The molecule has 2 aromatic rings. The van der Waals surface area contributed by atoms with Crippen LogP contribution in [0.3, 0.4) is 0 Å².